The largest absolute Gasteiger partial charge is 0.368 e. The highest BCUT2D eigenvalue weighted by Crippen LogP contribution is 2.05. The maximum absolute atomic E-state index is 12.4. The van der Waals surface area contributed by atoms with Crippen molar-refractivity contribution in [3.05, 3.63) is 35.9 Å². The van der Waals surface area contributed by atoms with Crippen molar-refractivity contribution in [2.24, 2.45) is 11.5 Å². The van der Waals surface area contributed by atoms with E-state index in [4.69, 9.17) is 11.5 Å². The molecule has 1 rings (SSSR count). The molecule has 132 valence electrons. The minimum atomic E-state index is -0.828. The predicted octanol–water partition coefficient (Wildman–Crippen LogP) is -0.167. The Morgan fingerprint density at radius 1 is 1.04 bits per heavy atom. The van der Waals surface area contributed by atoms with E-state index in [0.717, 1.165) is 12.0 Å². The monoisotopic (exact) mass is 334 g/mol. The van der Waals surface area contributed by atoms with E-state index in [2.05, 4.69) is 10.6 Å². The highest BCUT2D eigenvalue weighted by atomic mass is 16.2. The molecule has 6 N–H and O–H groups in total. The molecule has 7 nitrogen and oxygen atoms in total. The summed E-state index contributed by atoms with van der Waals surface area (Å²) in [4.78, 5) is 35.4. The van der Waals surface area contributed by atoms with Crippen LogP contribution in [0.4, 0.5) is 0 Å². The van der Waals surface area contributed by atoms with Crippen molar-refractivity contribution in [3.63, 3.8) is 0 Å². The summed E-state index contributed by atoms with van der Waals surface area (Å²) in [6, 6.07) is 7.75. The molecule has 0 aliphatic rings. The maximum atomic E-state index is 12.4. The SMILES string of the molecule is CC(=O)N[C@@H](CCCCN)C(=O)N[C@@H](Cc1ccccc1)C(N)=O. The zero-order valence-corrected chi connectivity index (χ0v) is 14.0. The van der Waals surface area contributed by atoms with Crippen molar-refractivity contribution >= 4 is 17.7 Å². The van der Waals surface area contributed by atoms with Crippen LogP contribution in [0.5, 0.6) is 0 Å². The van der Waals surface area contributed by atoms with Crippen molar-refractivity contribution < 1.29 is 14.4 Å². The Morgan fingerprint density at radius 2 is 1.71 bits per heavy atom. The number of carbonyl (C=O) groups excluding carboxylic acids is 3. The van der Waals surface area contributed by atoms with Gasteiger partial charge < -0.3 is 22.1 Å². The van der Waals surface area contributed by atoms with Crippen LogP contribution in [0.3, 0.4) is 0 Å². The number of nitrogens with two attached hydrogens (primary N) is 2. The number of carbonyl (C=O) groups is 3. The summed E-state index contributed by atoms with van der Waals surface area (Å²) < 4.78 is 0. The number of rotatable bonds is 10. The first kappa shape index (κ1) is 19.6. The van der Waals surface area contributed by atoms with Crippen LogP contribution >= 0.6 is 0 Å². The van der Waals surface area contributed by atoms with Gasteiger partial charge in [-0.2, -0.15) is 0 Å². The molecule has 1 aromatic rings. The minimum Gasteiger partial charge on any atom is -0.368 e. The van der Waals surface area contributed by atoms with Gasteiger partial charge in [0, 0.05) is 13.3 Å². The molecule has 0 fully saturated rings. The lowest BCUT2D eigenvalue weighted by Gasteiger charge is -2.21. The topological polar surface area (TPSA) is 127 Å². The van der Waals surface area contributed by atoms with Crippen LogP contribution in [0.25, 0.3) is 0 Å². The Kier molecular flexibility index (Phi) is 8.49. The number of hydrogen-bond donors (Lipinski definition) is 4. The third-order valence-electron chi connectivity index (χ3n) is 3.58. The first-order valence-electron chi connectivity index (χ1n) is 8.04. The average molecular weight is 334 g/mol. The van der Waals surface area contributed by atoms with E-state index in [-0.39, 0.29) is 5.91 Å². The van der Waals surface area contributed by atoms with Crippen molar-refractivity contribution in [2.45, 2.75) is 44.7 Å². The fourth-order valence-corrected chi connectivity index (χ4v) is 2.35. The first-order valence-corrected chi connectivity index (χ1v) is 8.04. The van der Waals surface area contributed by atoms with Crippen LogP contribution < -0.4 is 22.1 Å². The smallest absolute Gasteiger partial charge is 0.243 e. The Balaban J connectivity index is 2.72. The van der Waals surface area contributed by atoms with Gasteiger partial charge in [0.1, 0.15) is 12.1 Å². The van der Waals surface area contributed by atoms with Gasteiger partial charge >= 0.3 is 0 Å². The third kappa shape index (κ3) is 7.23. The van der Waals surface area contributed by atoms with Crippen LogP contribution in [0.15, 0.2) is 30.3 Å². The molecule has 24 heavy (non-hydrogen) atoms. The van der Waals surface area contributed by atoms with Gasteiger partial charge in [-0.15, -0.1) is 0 Å². The predicted molar refractivity (Wildman–Crippen MR) is 91.8 cm³/mol. The number of hydrogen-bond acceptors (Lipinski definition) is 4. The van der Waals surface area contributed by atoms with Crippen molar-refractivity contribution in [1.29, 1.82) is 0 Å². The second kappa shape index (κ2) is 10.4. The lowest BCUT2D eigenvalue weighted by atomic mass is 10.0. The summed E-state index contributed by atoms with van der Waals surface area (Å²) in [5, 5.41) is 5.24. The van der Waals surface area contributed by atoms with Crippen LogP contribution in [-0.4, -0.2) is 36.3 Å². The standard InChI is InChI=1S/C17H26N4O3/c1-12(22)20-14(9-5-6-10-18)17(24)21-15(16(19)23)11-13-7-3-2-4-8-13/h2-4,7-8,14-15H,5-6,9-11,18H2,1H3,(H2,19,23)(H,20,22)(H,21,24)/t14-,15-/m0/s1. The summed E-state index contributed by atoms with van der Waals surface area (Å²) >= 11 is 0. The molecule has 2 atom stereocenters. The number of amides is 3. The molecule has 0 unspecified atom stereocenters. The fraction of sp³-hybridized carbons (Fsp3) is 0.471. The first-order chi connectivity index (χ1) is 11.4. The molecular formula is C17H26N4O3. The molecule has 1 aromatic carbocycles. The molecule has 0 radical (unpaired) electrons. The third-order valence-corrected chi connectivity index (χ3v) is 3.58. The second-order valence-electron chi connectivity index (χ2n) is 5.69. The average Bonchev–Trinajstić information content (AvgIpc) is 2.54. The number of benzene rings is 1. The lowest BCUT2D eigenvalue weighted by molar-refractivity contribution is -0.131. The summed E-state index contributed by atoms with van der Waals surface area (Å²) in [6.07, 6.45) is 2.22. The van der Waals surface area contributed by atoms with Gasteiger partial charge in [0.2, 0.25) is 17.7 Å². The van der Waals surface area contributed by atoms with Gasteiger partial charge in [0.25, 0.3) is 0 Å². The zero-order valence-electron chi connectivity index (χ0n) is 14.0. The summed E-state index contributed by atoms with van der Waals surface area (Å²) in [5.74, 6) is -1.33. The second-order valence-corrected chi connectivity index (χ2v) is 5.69. The van der Waals surface area contributed by atoms with E-state index in [1.165, 1.54) is 6.92 Å². The molecule has 0 saturated heterocycles. The zero-order chi connectivity index (χ0) is 17.9. The van der Waals surface area contributed by atoms with E-state index < -0.39 is 23.9 Å². The van der Waals surface area contributed by atoms with E-state index in [0.29, 0.717) is 25.8 Å². The van der Waals surface area contributed by atoms with E-state index in [1.54, 1.807) is 0 Å². The Labute approximate surface area is 142 Å². The summed E-state index contributed by atoms with van der Waals surface area (Å²) in [6.45, 7) is 1.87. The molecule has 0 aliphatic carbocycles. The quantitative estimate of drug-likeness (QED) is 0.443. The van der Waals surface area contributed by atoms with E-state index in [1.807, 2.05) is 30.3 Å². The van der Waals surface area contributed by atoms with Gasteiger partial charge in [-0.1, -0.05) is 30.3 Å². The van der Waals surface area contributed by atoms with Gasteiger partial charge in [-0.3, -0.25) is 14.4 Å². The van der Waals surface area contributed by atoms with Crippen LogP contribution in [0.1, 0.15) is 31.7 Å². The molecule has 0 spiro atoms. The van der Waals surface area contributed by atoms with E-state index >= 15 is 0 Å². The molecule has 0 aliphatic heterocycles. The van der Waals surface area contributed by atoms with E-state index in [9.17, 15) is 14.4 Å². The van der Waals surface area contributed by atoms with Gasteiger partial charge in [0.05, 0.1) is 0 Å². The molecular weight excluding hydrogens is 308 g/mol. The Bertz CT molecular complexity index is 548. The van der Waals surface area contributed by atoms with Crippen molar-refractivity contribution in [2.75, 3.05) is 6.54 Å². The Hall–Kier alpha value is -2.41. The highest BCUT2D eigenvalue weighted by Gasteiger charge is 2.24. The Morgan fingerprint density at radius 3 is 2.25 bits per heavy atom. The van der Waals surface area contributed by atoms with Crippen molar-refractivity contribution in [3.8, 4) is 0 Å². The summed E-state index contributed by atoms with van der Waals surface area (Å²) in [7, 11) is 0. The number of nitrogens with one attached hydrogen (secondary N) is 2. The van der Waals surface area contributed by atoms with Gasteiger partial charge in [-0.25, -0.2) is 0 Å². The summed E-state index contributed by atoms with van der Waals surface area (Å²) in [5.41, 5.74) is 11.7. The van der Waals surface area contributed by atoms with Crippen molar-refractivity contribution in [1.82, 2.24) is 10.6 Å². The molecule has 0 heterocycles. The van der Waals surface area contributed by atoms with Crippen LogP contribution in [0.2, 0.25) is 0 Å². The van der Waals surface area contributed by atoms with Gasteiger partial charge in [-0.05, 0) is 31.4 Å². The fourth-order valence-electron chi connectivity index (χ4n) is 2.35. The molecule has 0 bridgehead atoms. The van der Waals surface area contributed by atoms with Crippen LogP contribution in [-0.2, 0) is 20.8 Å². The molecule has 0 saturated carbocycles. The normalized spacial score (nSPS) is 12.9. The number of unbranched alkanes of at least 4 members (excludes halogenated alkanes) is 1. The minimum absolute atomic E-state index is 0.303. The van der Waals surface area contributed by atoms with Gasteiger partial charge in [0.15, 0.2) is 0 Å². The van der Waals surface area contributed by atoms with Crippen LogP contribution in [0, 0.1) is 0 Å². The molecule has 3 amide bonds. The maximum Gasteiger partial charge on any atom is 0.243 e. The number of primary amides is 1. The highest BCUT2D eigenvalue weighted by molar-refractivity contribution is 5.91. The lowest BCUT2D eigenvalue weighted by Crippen LogP contribution is -2.53. The molecule has 0 aromatic heterocycles. The molecule has 7 heteroatoms.